The van der Waals surface area contributed by atoms with E-state index in [4.69, 9.17) is 14.6 Å². The number of pyridine rings is 1. The molecule has 0 aliphatic carbocycles. The molecule has 2 aromatic heterocycles. The highest BCUT2D eigenvalue weighted by atomic mass is 32.2. The van der Waals surface area contributed by atoms with Crippen LogP contribution in [0.4, 0.5) is 0 Å². The van der Waals surface area contributed by atoms with Crippen molar-refractivity contribution in [1.82, 2.24) is 14.5 Å². The van der Waals surface area contributed by atoms with Gasteiger partial charge in [-0.1, -0.05) is 12.1 Å². The summed E-state index contributed by atoms with van der Waals surface area (Å²) in [5.41, 5.74) is 3.33. The van der Waals surface area contributed by atoms with E-state index in [1.807, 2.05) is 23.6 Å². The van der Waals surface area contributed by atoms with Crippen molar-refractivity contribution in [3.05, 3.63) is 54.5 Å². The second-order valence-corrected chi connectivity index (χ2v) is 8.22. The van der Waals surface area contributed by atoms with E-state index in [1.54, 1.807) is 38.9 Å². The van der Waals surface area contributed by atoms with Gasteiger partial charge in [0, 0.05) is 11.5 Å². The number of ether oxygens (including phenoxy) is 2. The SMILES string of the molecule is COc1cc2ncc3ncn([C@@H](C)c4ccc(S(N)(=O)=O)cc4)c3c2cc1OC. The Hall–Kier alpha value is -3.17. The predicted molar refractivity (Wildman–Crippen MR) is 110 cm³/mol. The van der Waals surface area contributed by atoms with Crippen molar-refractivity contribution >= 4 is 32.0 Å². The van der Waals surface area contributed by atoms with Gasteiger partial charge < -0.3 is 14.0 Å². The zero-order chi connectivity index (χ0) is 20.8. The van der Waals surface area contributed by atoms with Gasteiger partial charge >= 0.3 is 0 Å². The minimum Gasteiger partial charge on any atom is -0.493 e. The summed E-state index contributed by atoms with van der Waals surface area (Å²) in [5.74, 6) is 1.21. The number of aromatic nitrogens is 3. The second kappa shape index (κ2) is 7.02. The summed E-state index contributed by atoms with van der Waals surface area (Å²) in [5, 5.41) is 6.07. The summed E-state index contributed by atoms with van der Waals surface area (Å²) in [4.78, 5) is 9.05. The molecule has 0 amide bonds. The van der Waals surface area contributed by atoms with Crippen LogP contribution in [0.5, 0.6) is 11.5 Å². The van der Waals surface area contributed by atoms with Gasteiger partial charge in [0.05, 0.1) is 48.7 Å². The quantitative estimate of drug-likeness (QED) is 0.540. The number of imidazole rings is 1. The summed E-state index contributed by atoms with van der Waals surface area (Å²) >= 11 is 0. The number of nitrogens with two attached hydrogens (primary N) is 1. The lowest BCUT2D eigenvalue weighted by Gasteiger charge is -2.17. The summed E-state index contributed by atoms with van der Waals surface area (Å²) in [6.07, 6.45) is 3.47. The molecule has 2 heterocycles. The average molecular weight is 412 g/mol. The first-order valence-electron chi connectivity index (χ1n) is 8.83. The standard InChI is InChI=1S/C20H20N4O4S/c1-12(13-4-6-14(7-5-13)29(21,25)26)24-11-23-17-10-22-16-9-19(28-3)18(27-2)8-15(16)20(17)24/h4-12H,1-3H3,(H2,21,25,26)/t12-/m0/s1. The number of rotatable bonds is 5. The Balaban J connectivity index is 1.88. The van der Waals surface area contributed by atoms with E-state index in [2.05, 4.69) is 9.97 Å². The monoisotopic (exact) mass is 412 g/mol. The summed E-state index contributed by atoms with van der Waals surface area (Å²) in [6, 6.07) is 10.1. The number of hydrogen-bond acceptors (Lipinski definition) is 6. The number of benzene rings is 2. The Morgan fingerprint density at radius 2 is 1.66 bits per heavy atom. The minimum absolute atomic E-state index is 0.0791. The van der Waals surface area contributed by atoms with E-state index < -0.39 is 10.0 Å². The van der Waals surface area contributed by atoms with E-state index in [9.17, 15) is 8.42 Å². The zero-order valence-electron chi connectivity index (χ0n) is 16.2. The fourth-order valence-electron chi connectivity index (χ4n) is 3.43. The molecule has 4 aromatic rings. The molecule has 0 spiro atoms. The zero-order valence-corrected chi connectivity index (χ0v) is 17.0. The van der Waals surface area contributed by atoms with Crippen LogP contribution >= 0.6 is 0 Å². The number of fused-ring (bicyclic) bond motifs is 3. The van der Waals surface area contributed by atoms with Crippen LogP contribution in [0.1, 0.15) is 18.5 Å². The molecular weight excluding hydrogens is 392 g/mol. The molecule has 150 valence electrons. The van der Waals surface area contributed by atoms with Gasteiger partial charge in [-0.3, -0.25) is 4.98 Å². The lowest BCUT2D eigenvalue weighted by atomic mass is 10.1. The molecule has 4 rings (SSSR count). The molecule has 0 fully saturated rings. The normalized spacial score (nSPS) is 13.0. The molecule has 29 heavy (non-hydrogen) atoms. The minimum atomic E-state index is -3.73. The third kappa shape index (κ3) is 3.28. The summed E-state index contributed by atoms with van der Waals surface area (Å²) in [7, 11) is -0.559. The van der Waals surface area contributed by atoms with Crippen LogP contribution in [0.3, 0.4) is 0 Å². The first-order chi connectivity index (χ1) is 13.8. The van der Waals surface area contributed by atoms with Crippen LogP contribution in [0, 0.1) is 0 Å². The molecule has 0 radical (unpaired) electrons. The Bertz CT molecular complexity index is 1310. The third-order valence-electron chi connectivity index (χ3n) is 5.01. The van der Waals surface area contributed by atoms with Crippen LogP contribution in [0.25, 0.3) is 21.9 Å². The predicted octanol–water partition coefficient (Wildman–Crippen LogP) is 2.86. The fraction of sp³-hybridized carbons (Fsp3) is 0.200. The van der Waals surface area contributed by atoms with E-state index in [-0.39, 0.29) is 10.9 Å². The Morgan fingerprint density at radius 3 is 2.28 bits per heavy atom. The van der Waals surface area contributed by atoms with Crippen molar-refractivity contribution in [2.24, 2.45) is 5.14 Å². The van der Waals surface area contributed by atoms with Crippen molar-refractivity contribution in [3.63, 3.8) is 0 Å². The highest BCUT2D eigenvalue weighted by Crippen LogP contribution is 2.35. The lowest BCUT2D eigenvalue weighted by Crippen LogP contribution is -2.12. The van der Waals surface area contributed by atoms with E-state index in [0.717, 1.165) is 27.5 Å². The molecule has 9 heteroatoms. The second-order valence-electron chi connectivity index (χ2n) is 6.66. The number of methoxy groups -OCH3 is 2. The first kappa shape index (κ1) is 19.2. The maximum atomic E-state index is 11.5. The van der Waals surface area contributed by atoms with Gasteiger partial charge in [-0.2, -0.15) is 0 Å². The highest BCUT2D eigenvalue weighted by Gasteiger charge is 2.17. The Labute approximate surface area is 167 Å². The lowest BCUT2D eigenvalue weighted by molar-refractivity contribution is 0.356. The van der Waals surface area contributed by atoms with Crippen LogP contribution in [0.2, 0.25) is 0 Å². The van der Waals surface area contributed by atoms with Crippen LogP contribution < -0.4 is 14.6 Å². The average Bonchev–Trinajstić information content (AvgIpc) is 3.16. The molecule has 2 N–H and O–H groups in total. The molecule has 0 aliphatic heterocycles. The molecule has 1 atom stereocenters. The van der Waals surface area contributed by atoms with Gasteiger partial charge in [0.2, 0.25) is 10.0 Å². The fourth-order valence-corrected chi connectivity index (χ4v) is 3.95. The molecular formula is C20H20N4O4S. The number of primary sulfonamides is 1. The van der Waals surface area contributed by atoms with Crippen LogP contribution in [0.15, 0.2) is 53.8 Å². The highest BCUT2D eigenvalue weighted by molar-refractivity contribution is 7.89. The maximum absolute atomic E-state index is 11.5. The molecule has 2 aromatic carbocycles. The molecule has 0 bridgehead atoms. The molecule has 8 nitrogen and oxygen atoms in total. The van der Waals surface area contributed by atoms with Gasteiger partial charge in [-0.05, 0) is 30.7 Å². The molecule has 0 saturated carbocycles. The third-order valence-corrected chi connectivity index (χ3v) is 5.94. The van der Waals surface area contributed by atoms with Crippen molar-refractivity contribution in [1.29, 1.82) is 0 Å². The van der Waals surface area contributed by atoms with E-state index in [0.29, 0.717) is 11.5 Å². The van der Waals surface area contributed by atoms with Crippen molar-refractivity contribution in [3.8, 4) is 11.5 Å². The van der Waals surface area contributed by atoms with Crippen molar-refractivity contribution in [2.45, 2.75) is 17.9 Å². The Morgan fingerprint density at radius 1 is 1.00 bits per heavy atom. The van der Waals surface area contributed by atoms with Gasteiger partial charge in [-0.25, -0.2) is 18.5 Å². The van der Waals surface area contributed by atoms with Crippen LogP contribution in [-0.2, 0) is 10.0 Å². The van der Waals surface area contributed by atoms with Gasteiger partial charge in [0.1, 0.15) is 5.52 Å². The number of sulfonamides is 1. The van der Waals surface area contributed by atoms with E-state index >= 15 is 0 Å². The maximum Gasteiger partial charge on any atom is 0.238 e. The molecule has 0 aliphatic rings. The topological polar surface area (TPSA) is 109 Å². The summed E-state index contributed by atoms with van der Waals surface area (Å²) in [6.45, 7) is 2.01. The van der Waals surface area contributed by atoms with Crippen LogP contribution in [-0.4, -0.2) is 37.2 Å². The van der Waals surface area contributed by atoms with Gasteiger partial charge in [0.15, 0.2) is 11.5 Å². The smallest absolute Gasteiger partial charge is 0.238 e. The first-order valence-corrected chi connectivity index (χ1v) is 10.4. The largest absolute Gasteiger partial charge is 0.493 e. The number of nitrogens with zero attached hydrogens (tertiary/aromatic N) is 3. The van der Waals surface area contributed by atoms with Gasteiger partial charge in [-0.15, -0.1) is 0 Å². The van der Waals surface area contributed by atoms with Crippen molar-refractivity contribution < 1.29 is 17.9 Å². The molecule has 0 unspecified atom stereocenters. The van der Waals surface area contributed by atoms with Crippen molar-refractivity contribution in [2.75, 3.05) is 14.2 Å². The number of hydrogen-bond donors (Lipinski definition) is 1. The van der Waals surface area contributed by atoms with E-state index in [1.165, 1.54) is 12.1 Å². The molecule has 0 saturated heterocycles. The summed E-state index contributed by atoms with van der Waals surface area (Å²) < 4.78 is 35.9. The van der Waals surface area contributed by atoms with Gasteiger partial charge in [0.25, 0.3) is 0 Å². The Kier molecular flexibility index (Phi) is 4.64.